The number of carbonyl (C=O) groups is 3. The Morgan fingerprint density at radius 3 is 1.33 bits per heavy atom. The molecule has 0 radical (unpaired) electrons. The Morgan fingerprint density at radius 1 is 0.492 bits per heavy atom. The van der Waals surface area contributed by atoms with Gasteiger partial charge in [0.25, 0.3) is 0 Å². The first kappa shape index (κ1) is 60.3. The molecule has 0 saturated carbocycles. The molecular weight excluding hydrogens is 787 g/mol. The summed E-state index contributed by atoms with van der Waals surface area (Å²) in [6, 6.07) is -0.622. The van der Waals surface area contributed by atoms with Gasteiger partial charge in [0.15, 0.2) is 12.1 Å². The average molecular weight is 887 g/mol. The van der Waals surface area contributed by atoms with Crippen molar-refractivity contribution in [3.8, 4) is 0 Å². The Hall–Kier alpha value is -2.71. The summed E-state index contributed by atoms with van der Waals surface area (Å²) < 4.78 is 17.3. The van der Waals surface area contributed by atoms with E-state index in [-0.39, 0.29) is 36.2 Å². The van der Waals surface area contributed by atoms with E-state index in [0.29, 0.717) is 19.3 Å². The zero-order chi connectivity index (χ0) is 46.3. The molecule has 63 heavy (non-hydrogen) atoms. The number of carboxylic acid groups (broad SMARTS) is 1. The van der Waals surface area contributed by atoms with Crippen LogP contribution in [0.15, 0.2) is 48.6 Å². The number of ether oxygens (including phenoxy) is 3. The van der Waals surface area contributed by atoms with Crippen LogP contribution < -0.4 is 0 Å². The van der Waals surface area contributed by atoms with Gasteiger partial charge in [0.05, 0.1) is 34.4 Å². The number of esters is 2. The van der Waals surface area contributed by atoms with Crippen LogP contribution in [0.4, 0.5) is 0 Å². The summed E-state index contributed by atoms with van der Waals surface area (Å²) in [5, 5.41) is 9.65. The number of hydrogen-bond donors (Lipinski definition) is 1. The third-order valence-corrected chi connectivity index (χ3v) is 11.7. The van der Waals surface area contributed by atoms with E-state index in [1.165, 1.54) is 135 Å². The molecule has 0 fully saturated rings. The summed E-state index contributed by atoms with van der Waals surface area (Å²) in [4.78, 5) is 37.1. The normalized spacial score (nSPS) is 13.2. The van der Waals surface area contributed by atoms with E-state index in [4.69, 9.17) is 14.2 Å². The van der Waals surface area contributed by atoms with E-state index in [1.54, 1.807) is 0 Å². The van der Waals surface area contributed by atoms with Crippen molar-refractivity contribution in [2.24, 2.45) is 0 Å². The highest BCUT2D eigenvalue weighted by atomic mass is 16.6. The maximum atomic E-state index is 12.8. The van der Waals surface area contributed by atoms with Crippen LogP contribution in [0.25, 0.3) is 0 Å². The lowest BCUT2D eigenvalue weighted by atomic mass is 10.1. The number of allylic oxidation sites excluding steroid dienone is 8. The van der Waals surface area contributed by atoms with Gasteiger partial charge in [0, 0.05) is 19.3 Å². The molecule has 0 rings (SSSR count). The third-order valence-electron chi connectivity index (χ3n) is 11.7. The minimum absolute atomic E-state index is 0.0477. The Balaban J connectivity index is 4.26. The minimum atomic E-state index is -0.880. The maximum Gasteiger partial charge on any atom is 0.362 e. The van der Waals surface area contributed by atoms with Gasteiger partial charge >= 0.3 is 17.9 Å². The zero-order valence-electron chi connectivity index (χ0n) is 41.8. The second-order valence-electron chi connectivity index (χ2n) is 18.8. The SMILES string of the molecule is CCCCCCCCC/C=C/C=C/CCCCCC(=O)OC(COCCC(C(=O)O)[N+](C)(C)C)COC(=O)CCCCCCCCC/C=C/C/C=C/CCCCCCCCCCC. The molecule has 1 N–H and O–H groups in total. The van der Waals surface area contributed by atoms with Crippen molar-refractivity contribution >= 4 is 17.9 Å². The van der Waals surface area contributed by atoms with E-state index in [0.717, 1.165) is 64.2 Å². The molecule has 0 saturated heterocycles. The van der Waals surface area contributed by atoms with Crippen LogP contribution in [0.3, 0.4) is 0 Å². The van der Waals surface area contributed by atoms with Gasteiger partial charge in [0.2, 0.25) is 0 Å². The monoisotopic (exact) mass is 887 g/mol. The lowest BCUT2D eigenvalue weighted by Crippen LogP contribution is -2.50. The van der Waals surface area contributed by atoms with Gasteiger partial charge in [-0.05, 0) is 70.6 Å². The molecule has 366 valence electrons. The lowest BCUT2D eigenvalue weighted by Gasteiger charge is -2.31. The molecule has 2 unspecified atom stereocenters. The van der Waals surface area contributed by atoms with Crippen molar-refractivity contribution < 1.29 is 38.2 Å². The van der Waals surface area contributed by atoms with Crippen LogP contribution in [0.5, 0.6) is 0 Å². The number of rotatable bonds is 47. The number of hydrogen-bond acceptors (Lipinski definition) is 6. The molecule has 2 atom stereocenters. The van der Waals surface area contributed by atoms with Crippen molar-refractivity contribution in [3.05, 3.63) is 48.6 Å². The first-order valence-electron chi connectivity index (χ1n) is 26.2. The topological polar surface area (TPSA) is 99.1 Å². The summed E-state index contributed by atoms with van der Waals surface area (Å²) in [6.45, 7) is 4.71. The molecule has 0 amide bonds. The highest BCUT2D eigenvalue weighted by molar-refractivity contribution is 5.72. The first-order chi connectivity index (χ1) is 30.6. The average Bonchev–Trinajstić information content (AvgIpc) is 3.24. The molecule has 8 heteroatoms. The fraction of sp³-hybridized carbons (Fsp3) is 0.800. The highest BCUT2D eigenvalue weighted by Gasteiger charge is 2.31. The van der Waals surface area contributed by atoms with Crippen molar-refractivity contribution in [1.29, 1.82) is 0 Å². The van der Waals surface area contributed by atoms with Crippen LogP contribution in [-0.2, 0) is 28.6 Å². The fourth-order valence-corrected chi connectivity index (χ4v) is 7.64. The molecule has 0 aliphatic carbocycles. The Bertz CT molecular complexity index is 1170. The molecular formula is C55H100NO7+. The van der Waals surface area contributed by atoms with Crippen LogP contribution in [0, 0.1) is 0 Å². The van der Waals surface area contributed by atoms with Gasteiger partial charge in [-0.15, -0.1) is 0 Å². The fourth-order valence-electron chi connectivity index (χ4n) is 7.64. The lowest BCUT2D eigenvalue weighted by molar-refractivity contribution is -0.887. The van der Waals surface area contributed by atoms with Gasteiger partial charge < -0.3 is 23.8 Å². The van der Waals surface area contributed by atoms with Crippen LogP contribution in [0.1, 0.15) is 232 Å². The van der Waals surface area contributed by atoms with Gasteiger partial charge in [-0.2, -0.15) is 0 Å². The second kappa shape index (κ2) is 45.8. The molecule has 0 spiro atoms. The van der Waals surface area contributed by atoms with Crippen molar-refractivity contribution in [1.82, 2.24) is 0 Å². The van der Waals surface area contributed by atoms with E-state index >= 15 is 0 Å². The van der Waals surface area contributed by atoms with E-state index in [1.807, 2.05) is 21.1 Å². The third kappa shape index (κ3) is 44.3. The van der Waals surface area contributed by atoms with Gasteiger partial charge in [-0.1, -0.05) is 191 Å². The van der Waals surface area contributed by atoms with Gasteiger partial charge in [-0.25, -0.2) is 4.79 Å². The van der Waals surface area contributed by atoms with Crippen molar-refractivity contribution in [2.75, 3.05) is 41.0 Å². The summed E-state index contributed by atoms with van der Waals surface area (Å²) in [5.74, 6) is -1.51. The standard InChI is InChI=1S/C55H99NO7/c1-6-8-10-12-14-16-18-20-22-24-25-26-27-28-29-30-32-33-35-37-39-41-43-45-53(57)62-50-51(49-61-48-47-52(55(59)60)56(3,4)5)63-54(58)46-44-42-40-38-36-34-31-23-21-19-17-15-13-11-9-7-2/h23,25-26,28-29,31,34,36,51-52H,6-22,24,27,30,32-33,35,37-50H2,1-5H3/p+1/b26-25+,29-28+,31-23+,36-34+. The highest BCUT2D eigenvalue weighted by Crippen LogP contribution is 2.15. The van der Waals surface area contributed by atoms with Gasteiger partial charge in [0.1, 0.15) is 6.61 Å². The number of likely N-dealkylation sites (N-methyl/N-ethyl adjacent to an activating group) is 1. The maximum absolute atomic E-state index is 12.8. The summed E-state index contributed by atoms with van der Waals surface area (Å²) in [6.07, 6.45) is 56.0. The summed E-state index contributed by atoms with van der Waals surface area (Å²) >= 11 is 0. The summed E-state index contributed by atoms with van der Waals surface area (Å²) in [7, 11) is 5.52. The Labute approximate surface area is 388 Å². The smallest absolute Gasteiger partial charge is 0.362 e. The van der Waals surface area contributed by atoms with Crippen LogP contribution in [-0.4, -0.2) is 80.6 Å². The number of carbonyl (C=O) groups excluding carboxylic acids is 2. The molecule has 8 nitrogen and oxygen atoms in total. The molecule has 0 aliphatic heterocycles. The summed E-state index contributed by atoms with van der Waals surface area (Å²) in [5.41, 5.74) is 0. The molecule has 0 aliphatic rings. The second-order valence-corrected chi connectivity index (χ2v) is 18.8. The molecule has 0 aromatic heterocycles. The Morgan fingerprint density at radius 2 is 0.889 bits per heavy atom. The van der Waals surface area contributed by atoms with E-state index in [2.05, 4.69) is 62.5 Å². The number of aliphatic carboxylic acids is 1. The van der Waals surface area contributed by atoms with Crippen molar-refractivity contribution in [2.45, 2.75) is 244 Å². The van der Waals surface area contributed by atoms with Gasteiger partial charge in [-0.3, -0.25) is 9.59 Å². The first-order valence-corrected chi connectivity index (χ1v) is 26.2. The molecule has 0 aromatic rings. The quantitative estimate of drug-likeness (QED) is 0.0214. The predicted octanol–water partition coefficient (Wildman–Crippen LogP) is 15.1. The van der Waals surface area contributed by atoms with Crippen LogP contribution >= 0.6 is 0 Å². The molecule has 0 aromatic carbocycles. The van der Waals surface area contributed by atoms with E-state index in [9.17, 15) is 19.5 Å². The Kier molecular flexibility index (Phi) is 43.9. The number of carboxylic acids is 1. The predicted molar refractivity (Wildman–Crippen MR) is 266 cm³/mol. The zero-order valence-corrected chi connectivity index (χ0v) is 41.8. The number of quaternary nitrogens is 1. The molecule has 0 bridgehead atoms. The number of unbranched alkanes of at least 4 members (excludes halogenated alkanes) is 26. The molecule has 0 heterocycles. The van der Waals surface area contributed by atoms with Crippen molar-refractivity contribution in [3.63, 3.8) is 0 Å². The number of nitrogens with zero attached hydrogens (tertiary/aromatic N) is 1. The minimum Gasteiger partial charge on any atom is -0.477 e. The van der Waals surface area contributed by atoms with Crippen LogP contribution in [0.2, 0.25) is 0 Å². The van der Waals surface area contributed by atoms with E-state index < -0.39 is 18.1 Å². The largest absolute Gasteiger partial charge is 0.477 e.